The van der Waals surface area contributed by atoms with Crippen LogP contribution in [0.15, 0.2) is 83.8 Å². The Hall–Kier alpha value is -3.49. The third-order valence-corrected chi connectivity index (χ3v) is 9.96. The van der Waals surface area contributed by atoms with Crippen molar-refractivity contribution in [3.05, 3.63) is 89.4 Å². The van der Waals surface area contributed by atoms with Gasteiger partial charge in [-0.3, -0.25) is 4.79 Å². The van der Waals surface area contributed by atoms with Gasteiger partial charge in [0.1, 0.15) is 5.54 Å². The van der Waals surface area contributed by atoms with Gasteiger partial charge in [0.15, 0.2) is 0 Å². The minimum absolute atomic E-state index is 0.0137. The lowest BCUT2D eigenvalue weighted by molar-refractivity contribution is -0.143. The van der Waals surface area contributed by atoms with Gasteiger partial charge in [0.25, 0.3) is 0 Å². The maximum Gasteiger partial charge on any atom is 0.422 e. The molecule has 2 atom stereocenters. The highest BCUT2D eigenvalue weighted by Gasteiger charge is 2.67. The van der Waals surface area contributed by atoms with Gasteiger partial charge in [0.05, 0.1) is 11.0 Å². The Morgan fingerprint density at radius 3 is 2.10 bits per heavy atom. The highest BCUT2D eigenvalue weighted by molar-refractivity contribution is 7.89. The second kappa shape index (κ2) is 12.4. The smallest absolute Gasteiger partial charge is 0.422 e. The Morgan fingerprint density at radius 2 is 1.55 bits per heavy atom. The molecule has 3 N–H and O–H groups in total. The summed E-state index contributed by atoms with van der Waals surface area (Å²) in [6, 6.07) is 21.5. The predicted molar refractivity (Wildman–Crippen MR) is 157 cm³/mol. The summed E-state index contributed by atoms with van der Waals surface area (Å²) in [5.41, 5.74) is 0.291. The van der Waals surface area contributed by atoms with Crippen LogP contribution in [-0.2, 0) is 29.8 Å². The van der Waals surface area contributed by atoms with Gasteiger partial charge in [-0.05, 0) is 61.2 Å². The Bertz CT molecular complexity index is 1650. The quantitative estimate of drug-likeness (QED) is 0.270. The largest absolute Gasteiger partial charge is 0.480 e. The third kappa shape index (κ3) is 6.93. The predicted octanol–water partition coefficient (Wildman–Crippen LogP) is 3.98. The fourth-order valence-electron chi connectivity index (χ4n) is 4.74. The number of amides is 1. The van der Waals surface area contributed by atoms with Crippen molar-refractivity contribution in [1.29, 1.82) is 0 Å². The van der Waals surface area contributed by atoms with E-state index in [1.54, 1.807) is 71.5 Å². The van der Waals surface area contributed by atoms with Crippen molar-refractivity contribution in [3.63, 3.8) is 0 Å². The number of hydrogen-bond donors (Lipinski definition) is 3. The van der Waals surface area contributed by atoms with Crippen LogP contribution in [0, 0.1) is 0 Å². The molecule has 3 aromatic carbocycles. The second-order valence-electron chi connectivity index (χ2n) is 9.96. The molecule has 0 bridgehead atoms. The first kappa shape index (κ1) is 31.4. The topological polar surface area (TPSA) is 159 Å². The molecule has 0 saturated heterocycles. The number of carbonyl (C=O) groups is 2. The molecule has 1 fully saturated rings. The molecule has 1 aliphatic carbocycles. The van der Waals surface area contributed by atoms with Crippen LogP contribution < -0.4 is 9.44 Å². The molecule has 1 amide bonds. The molecular weight excluding hydrogens is 606 g/mol. The fraction of sp³-hybridized carbons (Fsp3) is 0.286. The van der Waals surface area contributed by atoms with Crippen LogP contribution in [0.5, 0.6) is 0 Å². The summed E-state index contributed by atoms with van der Waals surface area (Å²) < 4.78 is 62.2. The highest BCUT2D eigenvalue weighted by atomic mass is 35.5. The van der Waals surface area contributed by atoms with Gasteiger partial charge in [0.2, 0.25) is 10.0 Å². The molecule has 0 spiro atoms. The van der Waals surface area contributed by atoms with Gasteiger partial charge in [0, 0.05) is 24.0 Å². The normalized spacial score (nSPS) is 18.5. The number of sulfonamides is 1. The van der Waals surface area contributed by atoms with E-state index in [-0.39, 0.29) is 11.3 Å². The van der Waals surface area contributed by atoms with E-state index in [1.807, 2.05) is 0 Å². The summed E-state index contributed by atoms with van der Waals surface area (Å²) in [5.74, 6) is -2.03. The summed E-state index contributed by atoms with van der Waals surface area (Å²) >= 11 is 5.96. The van der Waals surface area contributed by atoms with Gasteiger partial charge in [-0.1, -0.05) is 66.2 Å². The molecule has 1 aliphatic rings. The number of rotatable bonds is 12. The molecule has 0 aromatic heterocycles. The molecule has 4 rings (SSSR count). The molecule has 42 heavy (non-hydrogen) atoms. The minimum Gasteiger partial charge on any atom is -0.480 e. The van der Waals surface area contributed by atoms with Crippen molar-refractivity contribution in [2.24, 2.45) is 0 Å². The van der Waals surface area contributed by atoms with Gasteiger partial charge >= 0.3 is 22.3 Å². The number of halogens is 1. The number of carboxylic acids is 1. The molecule has 0 radical (unpaired) electrons. The zero-order valence-electron chi connectivity index (χ0n) is 22.7. The molecule has 3 aromatic rings. The van der Waals surface area contributed by atoms with Crippen LogP contribution in [0.4, 0.5) is 4.79 Å². The number of carboxylic acid groups (broad SMARTS) is 1. The number of ether oxygens (including phenoxy) is 1. The first-order valence-electron chi connectivity index (χ1n) is 12.9. The summed E-state index contributed by atoms with van der Waals surface area (Å²) in [5, 5.41) is 10.9. The van der Waals surface area contributed by atoms with Crippen LogP contribution in [0.2, 0.25) is 5.02 Å². The van der Waals surface area contributed by atoms with E-state index in [2.05, 4.69) is 4.72 Å². The van der Waals surface area contributed by atoms with E-state index in [0.29, 0.717) is 16.1 Å². The maximum atomic E-state index is 14.0. The molecule has 14 heteroatoms. The van der Waals surface area contributed by atoms with E-state index < -0.39 is 62.9 Å². The Balaban J connectivity index is 1.64. The molecule has 11 nitrogen and oxygen atoms in total. The van der Waals surface area contributed by atoms with E-state index in [9.17, 15) is 31.5 Å². The summed E-state index contributed by atoms with van der Waals surface area (Å²) in [6.45, 7) is 2.02. The number of benzene rings is 3. The molecule has 0 aliphatic heterocycles. The van der Waals surface area contributed by atoms with E-state index in [4.69, 9.17) is 16.3 Å². The number of aliphatic carboxylic acids is 1. The van der Waals surface area contributed by atoms with Crippen molar-refractivity contribution < 1.29 is 36.3 Å². The Labute approximate surface area is 249 Å². The molecule has 1 saturated carbocycles. The van der Waals surface area contributed by atoms with Gasteiger partial charge in [-0.25, -0.2) is 17.9 Å². The number of nitrogens with one attached hydrogen (secondary N) is 2. The fourth-order valence-corrected chi connectivity index (χ4v) is 7.34. The SMILES string of the molecule is CC(C)OC(=O)NS(=O)(=O)NCCN(C1(C(=O)O)CC1c1ccccc1)S(=O)(=O)c1ccc(-c2ccc(Cl)cc2)cc1. The summed E-state index contributed by atoms with van der Waals surface area (Å²) in [6.07, 6.45) is -1.80. The first-order chi connectivity index (χ1) is 19.8. The van der Waals surface area contributed by atoms with Gasteiger partial charge in [-0.15, -0.1) is 0 Å². The van der Waals surface area contributed by atoms with Crippen LogP contribution >= 0.6 is 11.6 Å². The molecule has 2 unspecified atom stereocenters. The number of carbonyl (C=O) groups excluding carboxylic acids is 1. The Morgan fingerprint density at radius 1 is 0.976 bits per heavy atom. The van der Waals surface area contributed by atoms with Gasteiger partial charge < -0.3 is 9.84 Å². The third-order valence-electron chi connectivity index (χ3n) is 6.74. The monoisotopic (exact) mass is 635 g/mol. The zero-order valence-corrected chi connectivity index (χ0v) is 25.1. The first-order valence-corrected chi connectivity index (χ1v) is 16.2. The lowest BCUT2D eigenvalue weighted by atomic mass is 10.1. The van der Waals surface area contributed by atoms with Crippen molar-refractivity contribution >= 4 is 43.9 Å². The lowest BCUT2D eigenvalue weighted by Crippen LogP contribution is -2.52. The van der Waals surface area contributed by atoms with E-state index in [0.717, 1.165) is 9.87 Å². The average molecular weight is 636 g/mol. The van der Waals surface area contributed by atoms with Crippen LogP contribution in [0.3, 0.4) is 0 Å². The highest BCUT2D eigenvalue weighted by Crippen LogP contribution is 2.57. The van der Waals surface area contributed by atoms with Crippen LogP contribution in [0.1, 0.15) is 31.7 Å². The lowest BCUT2D eigenvalue weighted by Gasteiger charge is -2.29. The van der Waals surface area contributed by atoms with Crippen molar-refractivity contribution in [2.75, 3.05) is 13.1 Å². The number of hydrogen-bond acceptors (Lipinski definition) is 7. The summed E-state index contributed by atoms with van der Waals surface area (Å²) in [7, 11) is -8.90. The van der Waals surface area contributed by atoms with Crippen molar-refractivity contribution in [3.8, 4) is 11.1 Å². The molecule has 0 heterocycles. The van der Waals surface area contributed by atoms with Crippen LogP contribution in [0.25, 0.3) is 11.1 Å². The standard InChI is InChI=1S/C28H30ClN3O8S2/c1-19(2)40-27(35)31-42(38,39)30-16-17-32(28(26(33)34)18-25(28)22-6-4-3-5-7-22)41(36,37)24-14-10-21(11-15-24)20-8-12-23(29)13-9-20/h3-15,19,25,30H,16-18H2,1-2H3,(H,31,35)(H,33,34). The average Bonchev–Trinajstić information content (AvgIpc) is 3.68. The zero-order chi connectivity index (χ0) is 30.7. The Kier molecular flexibility index (Phi) is 9.28. The van der Waals surface area contributed by atoms with E-state index >= 15 is 0 Å². The van der Waals surface area contributed by atoms with Crippen LogP contribution in [-0.4, -0.2) is 63.0 Å². The second-order valence-corrected chi connectivity index (χ2v) is 13.8. The molecule has 224 valence electrons. The molecular formula is C28H30ClN3O8S2. The van der Waals surface area contributed by atoms with Crippen molar-refractivity contribution in [2.45, 2.75) is 42.7 Å². The minimum atomic E-state index is -4.46. The summed E-state index contributed by atoms with van der Waals surface area (Å²) in [4.78, 5) is 24.3. The maximum absolute atomic E-state index is 14.0. The van der Waals surface area contributed by atoms with Crippen molar-refractivity contribution in [1.82, 2.24) is 13.7 Å². The van der Waals surface area contributed by atoms with E-state index in [1.165, 1.54) is 26.0 Å². The number of nitrogens with zero attached hydrogens (tertiary/aromatic N) is 1. The van der Waals surface area contributed by atoms with Gasteiger partial charge in [-0.2, -0.15) is 17.4 Å².